The Balaban J connectivity index is 1.48. The van der Waals surface area contributed by atoms with Crippen LogP contribution in [0.5, 0.6) is 0 Å². The first-order valence-electron chi connectivity index (χ1n) is 8.66. The molecule has 2 aromatic carbocycles. The zero-order chi connectivity index (χ0) is 18.5. The van der Waals surface area contributed by atoms with Crippen LogP contribution in [0.1, 0.15) is 12.0 Å². The van der Waals surface area contributed by atoms with Gasteiger partial charge in [0.25, 0.3) is 0 Å². The van der Waals surface area contributed by atoms with Crippen LogP contribution in [0.4, 0.5) is 11.4 Å². The second-order valence-corrected chi connectivity index (χ2v) is 6.88. The van der Waals surface area contributed by atoms with Crippen LogP contribution in [0.15, 0.2) is 48.5 Å². The van der Waals surface area contributed by atoms with Crippen LogP contribution in [0.25, 0.3) is 0 Å². The molecular formula is C20H22ClN3O2. The van der Waals surface area contributed by atoms with E-state index >= 15 is 0 Å². The van der Waals surface area contributed by atoms with E-state index < -0.39 is 0 Å². The van der Waals surface area contributed by atoms with E-state index in [1.54, 1.807) is 4.90 Å². The second-order valence-electron chi connectivity index (χ2n) is 6.44. The summed E-state index contributed by atoms with van der Waals surface area (Å²) in [6.07, 6.45) is -0.130. The first kappa shape index (κ1) is 18.3. The third-order valence-electron chi connectivity index (χ3n) is 4.44. The number of aryl methyl sites for hydroxylation is 1. The molecule has 1 heterocycles. The van der Waals surface area contributed by atoms with Crippen LogP contribution in [0.3, 0.4) is 0 Å². The summed E-state index contributed by atoms with van der Waals surface area (Å²) in [4.78, 5) is 28.5. The first-order chi connectivity index (χ1) is 12.5. The van der Waals surface area contributed by atoms with Crippen LogP contribution in [0, 0.1) is 6.92 Å². The molecular weight excluding hydrogens is 350 g/mol. The van der Waals surface area contributed by atoms with Gasteiger partial charge in [-0.25, -0.2) is 0 Å². The summed E-state index contributed by atoms with van der Waals surface area (Å²) in [7, 11) is 0. The van der Waals surface area contributed by atoms with E-state index in [-0.39, 0.29) is 18.2 Å². The molecule has 3 rings (SSSR count). The van der Waals surface area contributed by atoms with Crippen molar-refractivity contribution in [1.82, 2.24) is 4.90 Å². The number of amides is 2. The predicted molar refractivity (Wildman–Crippen MR) is 105 cm³/mol. The lowest BCUT2D eigenvalue weighted by molar-refractivity contribution is -0.134. The summed E-state index contributed by atoms with van der Waals surface area (Å²) < 4.78 is 0. The Kier molecular flexibility index (Phi) is 5.78. The van der Waals surface area contributed by atoms with Crippen molar-refractivity contribution in [3.05, 3.63) is 59.1 Å². The van der Waals surface area contributed by atoms with Gasteiger partial charge in [-0.1, -0.05) is 23.7 Å². The van der Waals surface area contributed by atoms with E-state index in [1.807, 2.05) is 55.5 Å². The highest BCUT2D eigenvalue weighted by atomic mass is 35.5. The maximum atomic E-state index is 12.4. The van der Waals surface area contributed by atoms with Gasteiger partial charge in [0.05, 0.1) is 0 Å². The van der Waals surface area contributed by atoms with Crippen molar-refractivity contribution in [2.75, 3.05) is 36.4 Å². The Bertz CT molecular complexity index is 784. The number of rotatable bonds is 4. The van der Waals surface area contributed by atoms with Gasteiger partial charge in [-0.15, -0.1) is 0 Å². The van der Waals surface area contributed by atoms with Gasteiger partial charge in [0.15, 0.2) is 0 Å². The number of hydrogen-bond acceptors (Lipinski definition) is 3. The number of nitrogens with zero attached hydrogens (tertiary/aromatic N) is 2. The topological polar surface area (TPSA) is 52.7 Å². The minimum atomic E-state index is -0.277. The van der Waals surface area contributed by atoms with Crippen molar-refractivity contribution in [1.29, 1.82) is 0 Å². The molecule has 2 amide bonds. The van der Waals surface area contributed by atoms with Crippen LogP contribution in [-0.4, -0.2) is 42.9 Å². The minimum Gasteiger partial charge on any atom is -0.368 e. The molecule has 2 aromatic rings. The summed E-state index contributed by atoms with van der Waals surface area (Å²) >= 11 is 5.92. The van der Waals surface area contributed by atoms with Crippen LogP contribution >= 0.6 is 11.6 Å². The molecule has 0 spiro atoms. The van der Waals surface area contributed by atoms with Gasteiger partial charge < -0.3 is 15.1 Å². The van der Waals surface area contributed by atoms with Gasteiger partial charge in [0, 0.05) is 42.6 Å². The minimum absolute atomic E-state index is 0.130. The Labute approximate surface area is 158 Å². The molecule has 136 valence electrons. The molecule has 0 bridgehead atoms. The van der Waals surface area contributed by atoms with E-state index in [0.29, 0.717) is 18.1 Å². The number of nitrogens with one attached hydrogen (secondary N) is 1. The standard InChI is InChI=1S/C20H22ClN3O2/c1-15-3-2-4-17(13-15)22-19(25)14-20(26)24-11-9-23(10-12-24)18-7-5-16(21)6-8-18/h2-8,13H,9-12,14H2,1H3,(H,22,25). The molecule has 1 saturated heterocycles. The summed E-state index contributed by atoms with van der Waals surface area (Å²) in [6, 6.07) is 15.2. The molecule has 1 fully saturated rings. The molecule has 6 heteroatoms. The molecule has 0 aromatic heterocycles. The smallest absolute Gasteiger partial charge is 0.233 e. The Morgan fingerprint density at radius 2 is 1.73 bits per heavy atom. The average Bonchev–Trinajstić information content (AvgIpc) is 2.62. The Hall–Kier alpha value is -2.53. The Morgan fingerprint density at radius 3 is 2.38 bits per heavy atom. The van der Waals surface area contributed by atoms with Gasteiger partial charge >= 0.3 is 0 Å². The molecule has 5 nitrogen and oxygen atoms in total. The number of piperazine rings is 1. The third kappa shape index (κ3) is 4.76. The maximum Gasteiger partial charge on any atom is 0.233 e. The second kappa shape index (κ2) is 8.23. The number of hydrogen-bond donors (Lipinski definition) is 1. The lowest BCUT2D eigenvalue weighted by atomic mass is 10.2. The number of anilines is 2. The molecule has 0 saturated carbocycles. The fraction of sp³-hybridized carbons (Fsp3) is 0.300. The fourth-order valence-corrected chi connectivity index (χ4v) is 3.17. The number of carbonyl (C=O) groups excluding carboxylic acids is 2. The summed E-state index contributed by atoms with van der Waals surface area (Å²) in [5.74, 6) is -0.411. The monoisotopic (exact) mass is 371 g/mol. The molecule has 0 aliphatic carbocycles. The first-order valence-corrected chi connectivity index (χ1v) is 9.04. The quantitative estimate of drug-likeness (QED) is 0.839. The molecule has 0 unspecified atom stereocenters. The largest absolute Gasteiger partial charge is 0.368 e. The van der Waals surface area contributed by atoms with Gasteiger partial charge in [-0.3, -0.25) is 9.59 Å². The summed E-state index contributed by atoms with van der Waals surface area (Å²) in [5.41, 5.74) is 2.88. The van der Waals surface area contributed by atoms with Gasteiger partial charge in [0.1, 0.15) is 6.42 Å². The van der Waals surface area contributed by atoms with Gasteiger partial charge in [-0.05, 0) is 48.9 Å². The van der Waals surface area contributed by atoms with Crippen LogP contribution in [-0.2, 0) is 9.59 Å². The molecule has 1 N–H and O–H groups in total. The lowest BCUT2D eigenvalue weighted by Crippen LogP contribution is -2.49. The van der Waals surface area contributed by atoms with Crippen LogP contribution in [0.2, 0.25) is 5.02 Å². The SMILES string of the molecule is Cc1cccc(NC(=O)CC(=O)N2CCN(c3ccc(Cl)cc3)CC2)c1. The van der Waals surface area contributed by atoms with Gasteiger partial charge in [0.2, 0.25) is 11.8 Å². The molecule has 0 radical (unpaired) electrons. The predicted octanol–water partition coefficient (Wildman–Crippen LogP) is 3.33. The van der Waals surface area contributed by atoms with Crippen LogP contribution < -0.4 is 10.2 Å². The summed E-state index contributed by atoms with van der Waals surface area (Å²) in [6.45, 7) is 4.67. The van der Waals surface area contributed by atoms with Gasteiger partial charge in [-0.2, -0.15) is 0 Å². The number of benzene rings is 2. The number of halogens is 1. The van der Waals surface area contributed by atoms with Crippen molar-refractivity contribution in [3.63, 3.8) is 0 Å². The fourth-order valence-electron chi connectivity index (χ4n) is 3.04. The molecule has 1 aliphatic heterocycles. The molecule has 26 heavy (non-hydrogen) atoms. The van der Waals surface area contributed by atoms with Crippen molar-refractivity contribution >= 4 is 34.8 Å². The van der Waals surface area contributed by atoms with Crippen molar-refractivity contribution < 1.29 is 9.59 Å². The molecule has 1 aliphatic rings. The van der Waals surface area contributed by atoms with E-state index in [9.17, 15) is 9.59 Å². The van der Waals surface area contributed by atoms with Crippen molar-refractivity contribution in [3.8, 4) is 0 Å². The average molecular weight is 372 g/mol. The third-order valence-corrected chi connectivity index (χ3v) is 4.69. The lowest BCUT2D eigenvalue weighted by Gasteiger charge is -2.36. The number of carbonyl (C=O) groups is 2. The van der Waals surface area contributed by atoms with Crippen molar-refractivity contribution in [2.24, 2.45) is 0 Å². The Morgan fingerprint density at radius 1 is 1.04 bits per heavy atom. The van der Waals surface area contributed by atoms with Crippen molar-refractivity contribution in [2.45, 2.75) is 13.3 Å². The zero-order valence-electron chi connectivity index (χ0n) is 14.7. The summed E-state index contributed by atoms with van der Waals surface area (Å²) in [5, 5.41) is 3.49. The highest BCUT2D eigenvalue weighted by Gasteiger charge is 2.23. The normalized spacial score (nSPS) is 14.2. The highest BCUT2D eigenvalue weighted by molar-refractivity contribution is 6.30. The molecule has 0 atom stereocenters. The van der Waals surface area contributed by atoms with E-state index in [0.717, 1.165) is 30.0 Å². The van der Waals surface area contributed by atoms with E-state index in [4.69, 9.17) is 11.6 Å². The zero-order valence-corrected chi connectivity index (χ0v) is 15.5. The highest BCUT2D eigenvalue weighted by Crippen LogP contribution is 2.19. The van der Waals surface area contributed by atoms with E-state index in [1.165, 1.54) is 0 Å². The van der Waals surface area contributed by atoms with E-state index in [2.05, 4.69) is 10.2 Å². The maximum absolute atomic E-state index is 12.4.